The first-order chi connectivity index (χ1) is 12.0. The lowest BCUT2D eigenvalue weighted by Gasteiger charge is -2.17. The molecule has 0 unspecified atom stereocenters. The molecule has 130 valence electrons. The van der Waals surface area contributed by atoms with Crippen molar-refractivity contribution in [3.63, 3.8) is 0 Å². The van der Waals surface area contributed by atoms with E-state index in [4.69, 9.17) is 10.00 Å². The van der Waals surface area contributed by atoms with Crippen molar-refractivity contribution in [2.24, 2.45) is 0 Å². The minimum absolute atomic E-state index is 0.110. The summed E-state index contributed by atoms with van der Waals surface area (Å²) in [5.41, 5.74) is 1.98. The van der Waals surface area contributed by atoms with Gasteiger partial charge in [-0.05, 0) is 43.2 Å². The average Bonchev–Trinajstić information content (AvgIpc) is 3.06. The third-order valence-corrected chi connectivity index (χ3v) is 5.91. The number of benzene rings is 1. The number of sulfonamides is 1. The molecule has 2 aromatic rings. The largest absolute Gasteiger partial charge is 0.487 e. The molecule has 1 aliphatic heterocycles. The summed E-state index contributed by atoms with van der Waals surface area (Å²) < 4.78 is 32.5. The zero-order valence-corrected chi connectivity index (χ0v) is 14.7. The van der Waals surface area contributed by atoms with Crippen molar-refractivity contribution in [2.45, 2.75) is 25.2 Å². The average molecular weight is 357 g/mol. The maximum Gasteiger partial charge on any atom is 0.218 e. The van der Waals surface area contributed by atoms with E-state index < -0.39 is 10.0 Å². The minimum Gasteiger partial charge on any atom is -0.487 e. The zero-order chi connectivity index (χ0) is 17.9. The molecule has 1 saturated heterocycles. The van der Waals surface area contributed by atoms with Gasteiger partial charge >= 0.3 is 0 Å². The molecule has 0 radical (unpaired) electrons. The van der Waals surface area contributed by atoms with E-state index in [2.05, 4.69) is 4.98 Å². The van der Waals surface area contributed by atoms with Gasteiger partial charge in [0.25, 0.3) is 0 Å². The summed E-state index contributed by atoms with van der Waals surface area (Å²) in [6, 6.07) is 12.4. The molecule has 0 N–H and O–H groups in total. The Kier molecular flexibility index (Phi) is 5.02. The number of ether oxygens (including phenoxy) is 1. The molecule has 6 nitrogen and oxygen atoms in total. The van der Waals surface area contributed by atoms with Gasteiger partial charge in [-0.2, -0.15) is 9.57 Å². The third kappa shape index (κ3) is 4.35. The molecule has 0 spiro atoms. The highest BCUT2D eigenvalue weighted by Gasteiger charge is 2.32. The Balaban J connectivity index is 1.63. The molecule has 0 amide bonds. The number of nitriles is 1. The first kappa shape index (κ1) is 17.4. The number of aromatic nitrogens is 1. The minimum atomic E-state index is -3.44. The van der Waals surface area contributed by atoms with E-state index in [0.29, 0.717) is 36.4 Å². The van der Waals surface area contributed by atoms with Gasteiger partial charge in [0.15, 0.2) is 0 Å². The van der Waals surface area contributed by atoms with Crippen LogP contribution in [0.15, 0.2) is 42.6 Å². The van der Waals surface area contributed by atoms with E-state index in [0.717, 1.165) is 5.69 Å². The SMILES string of the molecule is Cc1ccc(O[C@@H]2CCN(S(=O)(=O)Cc3cccc(C#N)c3)C2)cn1. The van der Waals surface area contributed by atoms with Gasteiger partial charge in [0.2, 0.25) is 10.0 Å². The summed E-state index contributed by atoms with van der Waals surface area (Å²) in [7, 11) is -3.44. The highest BCUT2D eigenvalue weighted by atomic mass is 32.2. The zero-order valence-electron chi connectivity index (χ0n) is 13.9. The fourth-order valence-electron chi connectivity index (χ4n) is 2.80. The summed E-state index contributed by atoms with van der Waals surface area (Å²) in [6.07, 6.45) is 2.12. The Morgan fingerprint density at radius 2 is 2.20 bits per heavy atom. The van der Waals surface area contributed by atoms with Crippen LogP contribution in [-0.4, -0.2) is 36.9 Å². The Labute approximate surface area is 147 Å². The molecule has 1 atom stereocenters. The van der Waals surface area contributed by atoms with Gasteiger partial charge in [0.05, 0.1) is 30.1 Å². The van der Waals surface area contributed by atoms with Crippen LogP contribution < -0.4 is 4.74 Å². The highest BCUT2D eigenvalue weighted by Crippen LogP contribution is 2.22. The number of aryl methyl sites for hydroxylation is 1. The van der Waals surface area contributed by atoms with Crippen LogP contribution in [-0.2, 0) is 15.8 Å². The van der Waals surface area contributed by atoms with E-state index in [1.807, 2.05) is 25.1 Å². The van der Waals surface area contributed by atoms with Gasteiger partial charge in [0.1, 0.15) is 11.9 Å². The molecule has 0 saturated carbocycles. The lowest BCUT2D eigenvalue weighted by Crippen LogP contribution is -2.32. The molecule has 1 aliphatic rings. The lowest BCUT2D eigenvalue weighted by atomic mass is 10.2. The predicted molar refractivity (Wildman–Crippen MR) is 93.4 cm³/mol. The van der Waals surface area contributed by atoms with Crippen LogP contribution in [0.5, 0.6) is 5.75 Å². The monoisotopic (exact) mass is 357 g/mol. The number of rotatable bonds is 5. The molecule has 1 aromatic heterocycles. The van der Waals surface area contributed by atoms with Crippen molar-refractivity contribution in [2.75, 3.05) is 13.1 Å². The molecule has 1 fully saturated rings. The first-order valence-electron chi connectivity index (χ1n) is 8.02. The molecular weight excluding hydrogens is 338 g/mol. The van der Waals surface area contributed by atoms with Crippen LogP contribution in [0.2, 0.25) is 0 Å². The Hall–Kier alpha value is -2.43. The summed E-state index contributed by atoms with van der Waals surface area (Å²) in [4.78, 5) is 4.18. The summed E-state index contributed by atoms with van der Waals surface area (Å²) >= 11 is 0. The maximum atomic E-state index is 12.6. The summed E-state index contributed by atoms with van der Waals surface area (Å²) in [6.45, 7) is 2.66. The lowest BCUT2D eigenvalue weighted by molar-refractivity contribution is 0.214. The first-order valence-corrected chi connectivity index (χ1v) is 9.63. The van der Waals surface area contributed by atoms with Crippen LogP contribution in [0.1, 0.15) is 23.2 Å². The van der Waals surface area contributed by atoms with Crippen LogP contribution in [0.3, 0.4) is 0 Å². The van der Waals surface area contributed by atoms with E-state index in [-0.39, 0.29) is 11.9 Å². The van der Waals surface area contributed by atoms with Gasteiger partial charge in [-0.25, -0.2) is 8.42 Å². The third-order valence-electron chi connectivity index (χ3n) is 4.09. The van der Waals surface area contributed by atoms with Crippen molar-refractivity contribution >= 4 is 10.0 Å². The van der Waals surface area contributed by atoms with Gasteiger partial charge in [0, 0.05) is 12.2 Å². The molecular formula is C18H19N3O3S. The van der Waals surface area contributed by atoms with Gasteiger partial charge in [-0.15, -0.1) is 0 Å². The number of hydrogen-bond acceptors (Lipinski definition) is 5. The normalized spacial score (nSPS) is 18.0. The molecule has 25 heavy (non-hydrogen) atoms. The Morgan fingerprint density at radius 3 is 2.92 bits per heavy atom. The standard InChI is InChI=1S/C18H19N3O3S/c1-14-5-6-17(11-20-14)24-18-7-8-21(12-18)25(22,23)13-16-4-2-3-15(9-16)10-19/h2-6,9,11,18H,7-8,12-13H2,1H3/t18-/m1/s1. The fraction of sp³-hybridized carbons (Fsp3) is 0.333. The van der Waals surface area contributed by atoms with Crippen LogP contribution in [0.25, 0.3) is 0 Å². The number of pyridine rings is 1. The van der Waals surface area contributed by atoms with Crippen molar-refractivity contribution in [3.05, 3.63) is 59.4 Å². The second-order valence-corrected chi connectivity index (χ2v) is 8.06. The molecule has 7 heteroatoms. The van der Waals surface area contributed by atoms with E-state index >= 15 is 0 Å². The summed E-state index contributed by atoms with van der Waals surface area (Å²) in [5.74, 6) is 0.540. The van der Waals surface area contributed by atoms with Crippen LogP contribution >= 0.6 is 0 Å². The van der Waals surface area contributed by atoms with Gasteiger partial charge < -0.3 is 4.74 Å². The van der Waals surface area contributed by atoms with E-state index in [9.17, 15) is 8.42 Å². The highest BCUT2D eigenvalue weighted by molar-refractivity contribution is 7.88. The maximum absolute atomic E-state index is 12.6. The quantitative estimate of drug-likeness (QED) is 0.819. The van der Waals surface area contributed by atoms with Crippen molar-refractivity contribution in [3.8, 4) is 11.8 Å². The molecule has 3 rings (SSSR count). The van der Waals surface area contributed by atoms with Gasteiger partial charge in [-0.1, -0.05) is 12.1 Å². The topological polar surface area (TPSA) is 83.3 Å². The van der Waals surface area contributed by atoms with Gasteiger partial charge in [-0.3, -0.25) is 4.98 Å². The predicted octanol–water partition coefficient (Wildman–Crippen LogP) is 2.24. The van der Waals surface area contributed by atoms with E-state index in [1.54, 1.807) is 30.5 Å². The molecule has 0 bridgehead atoms. The molecule has 1 aromatic carbocycles. The molecule has 0 aliphatic carbocycles. The van der Waals surface area contributed by atoms with Crippen molar-refractivity contribution in [1.82, 2.24) is 9.29 Å². The summed E-state index contributed by atoms with van der Waals surface area (Å²) in [5, 5.41) is 8.93. The van der Waals surface area contributed by atoms with E-state index in [1.165, 1.54) is 4.31 Å². The smallest absolute Gasteiger partial charge is 0.218 e. The van der Waals surface area contributed by atoms with Crippen molar-refractivity contribution in [1.29, 1.82) is 5.26 Å². The van der Waals surface area contributed by atoms with Crippen LogP contribution in [0.4, 0.5) is 0 Å². The second kappa shape index (κ2) is 7.21. The van der Waals surface area contributed by atoms with Crippen LogP contribution in [0, 0.1) is 18.3 Å². The van der Waals surface area contributed by atoms with Crippen molar-refractivity contribution < 1.29 is 13.2 Å². The second-order valence-electron chi connectivity index (χ2n) is 6.09. The molecule has 2 heterocycles. The fourth-order valence-corrected chi connectivity index (χ4v) is 4.36. The Morgan fingerprint density at radius 1 is 1.36 bits per heavy atom. The Bertz CT molecular complexity index is 889. The number of nitrogens with zero attached hydrogens (tertiary/aromatic N) is 3. The number of hydrogen-bond donors (Lipinski definition) is 0.